The van der Waals surface area contributed by atoms with Gasteiger partial charge in [-0.1, -0.05) is 29.5 Å². The Labute approximate surface area is 194 Å². The molecule has 1 aromatic heterocycles. The molecule has 0 unspecified atom stereocenters. The molecule has 3 aromatic rings. The van der Waals surface area contributed by atoms with Gasteiger partial charge in [-0.15, -0.1) is 12.4 Å². The second-order valence-electron chi connectivity index (χ2n) is 7.57. The molecule has 0 fully saturated rings. The molecule has 0 saturated heterocycles. The number of anilines is 1. The van der Waals surface area contributed by atoms with Crippen molar-refractivity contribution in [1.29, 1.82) is 0 Å². The molecule has 0 spiro atoms. The highest BCUT2D eigenvalue weighted by Crippen LogP contribution is 2.36. The molecule has 0 atom stereocenters. The Morgan fingerprint density at radius 2 is 1.90 bits per heavy atom. The summed E-state index contributed by atoms with van der Waals surface area (Å²) < 4.78 is 12.3. The average Bonchev–Trinajstić information content (AvgIpc) is 3.15. The number of aryl methyl sites for hydroxylation is 2. The largest absolute Gasteiger partial charge is 0.494 e. The number of benzene rings is 2. The molecule has 0 saturated carbocycles. The number of nitrogens with zero attached hydrogens (tertiary/aromatic N) is 3. The van der Waals surface area contributed by atoms with Crippen molar-refractivity contribution in [2.45, 2.75) is 20.3 Å². The molecule has 0 aliphatic heterocycles. The smallest absolute Gasteiger partial charge is 0.266 e. The lowest BCUT2D eigenvalue weighted by molar-refractivity contribution is -0.120. The number of carbonyl (C=O) groups is 1. The van der Waals surface area contributed by atoms with Crippen molar-refractivity contribution in [3.05, 3.63) is 47.5 Å². The molecule has 0 radical (unpaired) electrons. The minimum absolute atomic E-state index is 0. The van der Waals surface area contributed by atoms with Gasteiger partial charge in [-0.3, -0.25) is 9.69 Å². The lowest BCUT2D eigenvalue weighted by Crippen LogP contribution is -2.36. The Balaban J connectivity index is 0.00000341. The lowest BCUT2D eigenvalue weighted by Gasteiger charge is -2.21. The van der Waals surface area contributed by atoms with Gasteiger partial charge in [-0.2, -0.15) is 0 Å². The summed E-state index contributed by atoms with van der Waals surface area (Å²) in [7, 11) is 5.69. The van der Waals surface area contributed by atoms with E-state index in [1.807, 2.05) is 64.3 Å². The minimum atomic E-state index is -0.106. The summed E-state index contributed by atoms with van der Waals surface area (Å²) in [6.07, 6.45) is 0.842. The molecule has 0 aliphatic rings. The van der Waals surface area contributed by atoms with Crippen LogP contribution < -0.4 is 14.4 Å². The fourth-order valence-corrected chi connectivity index (χ4v) is 4.27. The summed E-state index contributed by atoms with van der Waals surface area (Å²) in [5, 5.41) is 0.675. The summed E-state index contributed by atoms with van der Waals surface area (Å²) in [5.41, 5.74) is 3.00. The molecule has 8 heteroatoms. The van der Waals surface area contributed by atoms with E-state index < -0.39 is 0 Å². The molecule has 0 bridgehead atoms. The summed E-state index contributed by atoms with van der Waals surface area (Å²) in [5.74, 6) is 1.30. The fraction of sp³-hybridized carbons (Fsp3) is 0.391. The van der Waals surface area contributed by atoms with Crippen LogP contribution in [-0.2, 0) is 4.79 Å². The SMILES string of the molecule is COc1ccc(C)c2sc(N(CCCN(C)C)C(=O)COc3cccc(C)c3)nc12.Cl. The second kappa shape index (κ2) is 11.3. The first-order valence-corrected chi connectivity index (χ1v) is 10.8. The molecule has 0 aliphatic carbocycles. The fourth-order valence-electron chi connectivity index (χ4n) is 3.18. The Morgan fingerprint density at radius 3 is 2.58 bits per heavy atom. The van der Waals surface area contributed by atoms with Gasteiger partial charge in [0.15, 0.2) is 11.7 Å². The van der Waals surface area contributed by atoms with Crippen LogP contribution in [-0.4, -0.2) is 56.7 Å². The van der Waals surface area contributed by atoms with Crippen LogP contribution in [0.25, 0.3) is 10.2 Å². The van der Waals surface area contributed by atoms with Crippen LogP contribution in [0.5, 0.6) is 11.5 Å². The summed E-state index contributed by atoms with van der Waals surface area (Å²) in [6, 6.07) is 11.6. The zero-order valence-electron chi connectivity index (χ0n) is 18.7. The maximum absolute atomic E-state index is 13.1. The highest BCUT2D eigenvalue weighted by molar-refractivity contribution is 7.22. The van der Waals surface area contributed by atoms with Gasteiger partial charge in [0.2, 0.25) is 0 Å². The number of rotatable bonds is 9. The first-order chi connectivity index (χ1) is 14.4. The number of thiazole rings is 1. The third kappa shape index (κ3) is 6.32. The molecule has 2 aromatic carbocycles. The highest BCUT2D eigenvalue weighted by Gasteiger charge is 2.22. The quantitative estimate of drug-likeness (QED) is 0.460. The summed E-state index contributed by atoms with van der Waals surface area (Å²) in [6.45, 7) is 5.48. The van der Waals surface area contributed by atoms with Crippen molar-refractivity contribution in [3.8, 4) is 11.5 Å². The number of aromatic nitrogens is 1. The van der Waals surface area contributed by atoms with Gasteiger partial charge in [0.05, 0.1) is 11.8 Å². The number of hydrogen-bond donors (Lipinski definition) is 0. The van der Waals surface area contributed by atoms with Gasteiger partial charge in [0.1, 0.15) is 17.0 Å². The van der Waals surface area contributed by atoms with E-state index in [0.29, 0.717) is 17.4 Å². The van der Waals surface area contributed by atoms with E-state index in [1.54, 1.807) is 12.0 Å². The topological polar surface area (TPSA) is 54.9 Å². The number of ether oxygens (including phenoxy) is 2. The van der Waals surface area contributed by atoms with E-state index in [1.165, 1.54) is 11.3 Å². The maximum atomic E-state index is 13.1. The molecule has 168 valence electrons. The van der Waals surface area contributed by atoms with Crippen LogP contribution >= 0.6 is 23.7 Å². The van der Waals surface area contributed by atoms with Gasteiger partial charge in [-0.25, -0.2) is 4.98 Å². The molecule has 1 heterocycles. The standard InChI is InChI=1S/C23H29N3O3S.ClH/c1-16-8-6-9-18(14-16)29-15-20(27)26(13-7-12-25(3)4)23-24-21-19(28-5)11-10-17(2)22(21)30-23;/h6,8-11,14H,7,12-13,15H2,1-5H3;1H. The number of amides is 1. The van der Waals surface area contributed by atoms with Crippen molar-refractivity contribution in [3.63, 3.8) is 0 Å². The number of fused-ring (bicyclic) bond motifs is 1. The maximum Gasteiger partial charge on any atom is 0.266 e. The average molecular weight is 464 g/mol. The first kappa shape index (κ1) is 24.9. The predicted molar refractivity (Wildman–Crippen MR) is 130 cm³/mol. The van der Waals surface area contributed by atoms with E-state index in [2.05, 4.69) is 4.90 Å². The normalized spacial score (nSPS) is 10.8. The van der Waals surface area contributed by atoms with Crippen LogP contribution in [0.2, 0.25) is 0 Å². The lowest BCUT2D eigenvalue weighted by atomic mass is 10.2. The minimum Gasteiger partial charge on any atom is -0.494 e. The zero-order chi connectivity index (χ0) is 21.7. The zero-order valence-corrected chi connectivity index (χ0v) is 20.3. The Hall–Kier alpha value is -2.35. The molecule has 6 nitrogen and oxygen atoms in total. The second-order valence-corrected chi connectivity index (χ2v) is 8.54. The Morgan fingerprint density at radius 1 is 1.13 bits per heavy atom. The first-order valence-electron chi connectivity index (χ1n) is 9.97. The number of carbonyl (C=O) groups excluding carboxylic acids is 1. The van der Waals surface area contributed by atoms with Crippen LogP contribution in [0.3, 0.4) is 0 Å². The Bertz CT molecular complexity index is 1020. The number of halogens is 1. The molecule has 31 heavy (non-hydrogen) atoms. The van der Waals surface area contributed by atoms with Gasteiger partial charge in [-0.05, 0) is 70.2 Å². The Kier molecular flexibility index (Phi) is 9.10. The third-order valence-corrected chi connectivity index (χ3v) is 6.00. The third-order valence-electron chi connectivity index (χ3n) is 4.78. The van der Waals surface area contributed by atoms with Crippen LogP contribution in [0.4, 0.5) is 5.13 Å². The van der Waals surface area contributed by atoms with E-state index in [4.69, 9.17) is 14.5 Å². The van der Waals surface area contributed by atoms with Gasteiger partial charge < -0.3 is 14.4 Å². The molecule has 3 rings (SSSR count). The van der Waals surface area contributed by atoms with Gasteiger partial charge >= 0.3 is 0 Å². The van der Waals surface area contributed by atoms with E-state index >= 15 is 0 Å². The van der Waals surface area contributed by atoms with E-state index in [0.717, 1.165) is 40.1 Å². The van der Waals surface area contributed by atoms with Crippen LogP contribution in [0.1, 0.15) is 17.5 Å². The van der Waals surface area contributed by atoms with Crippen molar-refractivity contribution in [2.24, 2.45) is 0 Å². The van der Waals surface area contributed by atoms with Gasteiger partial charge in [0, 0.05) is 6.54 Å². The highest BCUT2D eigenvalue weighted by atomic mass is 35.5. The van der Waals surface area contributed by atoms with Crippen LogP contribution in [0.15, 0.2) is 36.4 Å². The molecular formula is C23H30ClN3O3S. The monoisotopic (exact) mass is 463 g/mol. The molecular weight excluding hydrogens is 434 g/mol. The molecule has 0 N–H and O–H groups in total. The van der Waals surface area contributed by atoms with E-state index in [-0.39, 0.29) is 24.9 Å². The number of hydrogen-bond acceptors (Lipinski definition) is 6. The van der Waals surface area contributed by atoms with Crippen molar-refractivity contribution in [2.75, 3.05) is 45.8 Å². The molecule has 1 amide bonds. The van der Waals surface area contributed by atoms with Crippen molar-refractivity contribution < 1.29 is 14.3 Å². The predicted octanol–water partition coefficient (Wildman–Crippen LogP) is 4.71. The number of methoxy groups -OCH3 is 1. The summed E-state index contributed by atoms with van der Waals surface area (Å²) >= 11 is 1.52. The van der Waals surface area contributed by atoms with Gasteiger partial charge in [0.25, 0.3) is 5.91 Å². The summed E-state index contributed by atoms with van der Waals surface area (Å²) in [4.78, 5) is 21.7. The van der Waals surface area contributed by atoms with E-state index in [9.17, 15) is 4.79 Å². The van der Waals surface area contributed by atoms with Crippen molar-refractivity contribution >= 4 is 45.0 Å². The van der Waals surface area contributed by atoms with Crippen molar-refractivity contribution in [1.82, 2.24) is 9.88 Å². The van der Waals surface area contributed by atoms with Crippen LogP contribution in [0, 0.1) is 13.8 Å².